The minimum Gasteiger partial charge on any atom is -0.398 e. The molecule has 3 unspecified atom stereocenters. The van der Waals surface area contributed by atoms with Crippen molar-refractivity contribution in [1.29, 1.82) is 0 Å². The maximum atomic E-state index is 12.7. The van der Waals surface area contributed by atoms with Crippen LogP contribution in [-0.4, -0.2) is 13.7 Å². The molecule has 0 spiro atoms. The maximum Gasteiger partial charge on any atom is 0.183 e. The van der Waals surface area contributed by atoms with Crippen LogP contribution in [0.3, 0.4) is 0 Å². The van der Waals surface area contributed by atoms with E-state index < -0.39 is 9.84 Å². The van der Waals surface area contributed by atoms with Gasteiger partial charge in [-0.3, -0.25) is 0 Å². The van der Waals surface area contributed by atoms with Gasteiger partial charge in [-0.15, -0.1) is 0 Å². The summed E-state index contributed by atoms with van der Waals surface area (Å²) in [6.45, 7) is 4.30. The fraction of sp³-hybridized carbons (Fsp3) is 0.571. The highest BCUT2D eigenvalue weighted by Crippen LogP contribution is 2.37. The van der Waals surface area contributed by atoms with E-state index in [2.05, 4.69) is 13.8 Å². The molecule has 1 saturated carbocycles. The molecule has 3 atom stereocenters. The number of benzene rings is 1. The van der Waals surface area contributed by atoms with Crippen molar-refractivity contribution in [3.05, 3.63) is 23.2 Å². The van der Waals surface area contributed by atoms with Crippen LogP contribution in [0.25, 0.3) is 0 Å². The summed E-state index contributed by atoms with van der Waals surface area (Å²) in [5.74, 6) is 1.01. The van der Waals surface area contributed by atoms with Crippen LogP contribution in [0.5, 0.6) is 0 Å². The second kappa shape index (κ2) is 5.33. The summed E-state index contributed by atoms with van der Waals surface area (Å²) in [5.41, 5.74) is 6.09. The molecule has 1 aromatic carbocycles. The molecule has 19 heavy (non-hydrogen) atoms. The fourth-order valence-corrected chi connectivity index (χ4v) is 5.00. The summed E-state index contributed by atoms with van der Waals surface area (Å²) in [7, 11) is -3.38. The quantitative estimate of drug-likeness (QED) is 0.850. The van der Waals surface area contributed by atoms with Crippen molar-refractivity contribution in [2.75, 3.05) is 5.73 Å². The zero-order chi connectivity index (χ0) is 14.2. The van der Waals surface area contributed by atoms with Gasteiger partial charge in [0.2, 0.25) is 0 Å². The highest BCUT2D eigenvalue weighted by atomic mass is 35.5. The summed E-state index contributed by atoms with van der Waals surface area (Å²) < 4.78 is 25.3. The van der Waals surface area contributed by atoms with E-state index in [-0.39, 0.29) is 15.8 Å². The van der Waals surface area contributed by atoms with Crippen molar-refractivity contribution >= 4 is 27.1 Å². The highest BCUT2D eigenvalue weighted by molar-refractivity contribution is 7.92. The average molecular weight is 302 g/mol. The van der Waals surface area contributed by atoms with Crippen molar-refractivity contribution in [2.45, 2.75) is 43.3 Å². The van der Waals surface area contributed by atoms with Crippen molar-refractivity contribution in [1.82, 2.24) is 0 Å². The van der Waals surface area contributed by atoms with Crippen LogP contribution in [0.15, 0.2) is 23.1 Å². The number of hydrogen-bond acceptors (Lipinski definition) is 3. The molecule has 0 amide bonds. The van der Waals surface area contributed by atoms with Gasteiger partial charge in [0.15, 0.2) is 9.84 Å². The van der Waals surface area contributed by atoms with Gasteiger partial charge in [-0.25, -0.2) is 8.42 Å². The number of hydrogen-bond donors (Lipinski definition) is 1. The molecule has 1 aromatic rings. The van der Waals surface area contributed by atoms with Gasteiger partial charge in [-0.1, -0.05) is 25.4 Å². The van der Waals surface area contributed by atoms with Crippen molar-refractivity contribution in [3.8, 4) is 0 Å². The molecule has 3 nitrogen and oxygen atoms in total. The zero-order valence-corrected chi connectivity index (χ0v) is 12.8. The Bertz CT molecular complexity index is 571. The number of sulfone groups is 1. The zero-order valence-electron chi connectivity index (χ0n) is 11.3. The first-order valence-corrected chi connectivity index (χ1v) is 8.53. The topological polar surface area (TPSA) is 60.2 Å². The Hall–Kier alpha value is -0.740. The molecule has 0 heterocycles. The molecule has 1 aliphatic carbocycles. The van der Waals surface area contributed by atoms with Gasteiger partial charge >= 0.3 is 0 Å². The first kappa shape index (κ1) is 14.7. The van der Waals surface area contributed by atoms with E-state index in [1.165, 1.54) is 6.07 Å². The number of nitrogens with two attached hydrogens (primary N) is 1. The third-order valence-corrected chi connectivity index (χ3v) is 6.78. The summed E-state index contributed by atoms with van der Waals surface area (Å²) in [6.07, 6.45) is 2.36. The van der Waals surface area contributed by atoms with Crippen molar-refractivity contribution in [3.63, 3.8) is 0 Å². The van der Waals surface area contributed by atoms with Gasteiger partial charge in [0.1, 0.15) is 0 Å². The second-order valence-corrected chi connectivity index (χ2v) is 8.25. The monoisotopic (exact) mass is 301 g/mol. The van der Waals surface area contributed by atoms with Gasteiger partial charge in [0.25, 0.3) is 0 Å². The minimum atomic E-state index is -3.38. The lowest BCUT2D eigenvalue weighted by Gasteiger charge is -2.31. The molecule has 0 aliphatic heterocycles. The minimum absolute atomic E-state index is 0.187. The summed E-state index contributed by atoms with van der Waals surface area (Å²) in [5, 5.41) is 0.0736. The van der Waals surface area contributed by atoms with Crippen LogP contribution in [0.4, 0.5) is 5.69 Å². The average Bonchev–Trinajstić information content (AvgIpc) is 2.35. The molecular weight excluding hydrogens is 282 g/mol. The smallest absolute Gasteiger partial charge is 0.183 e. The molecule has 1 aliphatic rings. The van der Waals surface area contributed by atoms with Crippen LogP contribution in [0.1, 0.15) is 33.1 Å². The lowest BCUT2D eigenvalue weighted by atomic mass is 9.81. The first-order valence-electron chi connectivity index (χ1n) is 6.61. The molecular formula is C14H20ClNO2S. The third kappa shape index (κ3) is 2.90. The summed E-state index contributed by atoms with van der Waals surface area (Å²) in [6, 6.07) is 4.64. The second-order valence-electron chi connectivity index (χ2n) is 5.62. The molecule has 2 N–H and O–H groups in total. The van der Waals surface area contributed by atoms with Crippen LogP contribution in [0, 0.1) is 11.8 Å². The largest absolute Gasteiger partial charge is 0.398 e. The molecule has 1 fully saturated rings. The highest BCUT2D eigenvalue weighted by Gasteiger charge is 2.35. The van der Waals surface area contributed by atoms with E-state index in [4.69, 9.17) is 17.3 Å². The lowest BCUT2D eigenvalue weighted by Crippen LogP contribution is -2.31. The summed E-state index contributed by atoms with van der Waals surface area (Å²) in [4.78, 5) is 0.187. The Balaban J connectivity index is 2.35. The van der Waals surface area contributed by atoms with Crippen molar-refractivity contribution in [2.24, 2.45) is 11.8 Å². The van der Waals surface area contributed by atoms with E-state index in [1.807, 2.05) is 0 Å². The number of rotatable bonds is 2. The van der Waals surface area contributed by atoms with Crippen LogP contribution in [-0.2, 0) is 9.84 Å². The maximum absolute atomic E-state index is 12.7. The Morgan fingerprint density at radius 3 is 2.53 bits per heavy atom. The van der Waals surface area contributed by atoms with Gasteiger partial charge in [-0.05, 0) is 49.3 Å². The Morgan fingerprint density at radius 1 is 1.21 bits per heavy atom. The predicted molar refractivity (Wildman–Crippen MR) is 79.0 cm³/mol. The first-order chi connectivity index (χ1) is 8.82. The number of halogens is 1. The van der Waals surface area contributed by atoms with Crippen molar-refractivity contribution < 1.29 is 8.42 Å². The van der Waals surface area contributed by atoms with Gasteiger partial charge < -0.3 is 5.73 Å². The van der Waals surface area contributed by atoms with E-state index in [1.54, 1.807) is 12.1 Å². The molecule has 5 heteroatoms. The normalized spacial score (nSPS) is 28.3. The predicted octanol–water partition coefficient (Wildman–Crippen LogP) is 3.52. The van der Waals surface area contributed by atoms with E-state index >= 15 is 0 Å². The van der Waals surface area contributed by atoms with Gasteiger partial charge in [0, 0.05) is 5.02 Å². The van der Waals surface area contributed by atoms with E-state index in [9.17, 15) is 8.42 Å². The Labute approximate surface area is 120 Å². The number of nitrogen functional groups attached to an aromatic ring is 1. The Morgan fingerprint density at radius 2 is 1.89 bits per heavy atom. The molecule has 0 bridgehead atoms. The van der Waals surface area contributed by atoms with E-state index in [0.717, 1.165) is 6.42 Å². The molecule has 0 aromatic heterocycles. The Kier molecular flexibility index (Phi) is 4.11. The van der Waals surface area contributed by atoms with Crippen LogP contribution < -0.4 is 5.73 Å². The molecule has 0 saturated heterocycles. The van der Waals surface area contributed by atoms with Gasteiger partial charge in [-0.2, -0.15) is 0 Å². The van der Waals surface area contributed by atoms with Crippen LogP contribution >= 0.6 is 11.6 Å². The SMILES string of the molecule is CC1CCC(S(=O)(=O)c2cc(Cl)ccc2N)CC1C. The standard InChI is InChI=1S/C14H20ClNO2S/c1-9-3-5-12(7-10(9)2)19(17,18)14-8-11(15)4-6-13(14)16/h4,6,8-10,12H,3,5,7,16H2,1-2H3. The van der Waals surface area contributed by atoms with E-state index in [0.29, 0.717) is 29.7 Å². The summed E-state index contributed by atoms with van der Waals surface area (Å²) >= 11 is 5.89. The third-order valence-electron chi connectivity index (χ3n) is 4.27. The van der Waals surface area contributed by atoms with Gasteiger partial charge in [0.05, 0.1) is 15.8 Å². The fourth-order valence-electron chi connectivity index (χ4n) is 2.71. The molecule has 2 rings (SSSR count). The van der Waals surface area contributed by atoms with Crippen LogP contribution in [0.2, 0.25) is 5.02 Å². The molecule has 0 radical (unpaired) electrons. The number of anilines is 1. The molecule has 106 valence electrons. The lowest BCUT2D eigenvalue weighted by molar-refractivity contribution is 0.278.